The van der Waals surface area contributed by atoms with Crippen molar-refractivity contribution in [2.75, 3.05) is 12.4 Å². The molecule has 0 saturated heterocycles. The number of H-pyrrole nitrogens is 2. The summed E-state index contributed by atoms with van der Waals surface area (Å²) in [5.41, 5.74) is 1.56. The molecule has 3 N–H and O–H groups in total. The van der Waals surface area contributed by atoms with Crippen molar-refractivity contribution in [3.63, 3.8) is 0 Å². The lowest BCUT2D eigenvalue weighted by molar-refractivity contribution is 0.102. The second kappa shape index (κ2) is 7.57. The van der Waals surface area contributed by atoms with Crippen LogP contribution < -0.4 is 15.6 Å². The largest absolute Gasteiger partial charge is 0.494 e. The van der Waals surface area contributed by atoms with Crippen molar-refractivity contribution in [1.29, 1.82) is 0 Å². The fourth-order valence-corrected chi connectivity index (χ4v) is 3.69. The summed E-state index contributed by atoms with van der Waals surface area (Å²) in [6, 6.07) is 9.15. The summed E-state index contributed by atoms with van der Waals surface area (Å²) >= 11 is 6.18. The van der Waals surface area contributed by atoms with Crippen LogP contribution in [0.3, 0.4) is 0 Å². The van der Waals surface area contributed by atoms with Gasteiger partial charge in [0.25, 0.3) is 11.5 Å². The minimum Gasteiger partial charge on any atom is -0.494 e. The van der Waals surface area contributed by atoms with Crippen molar-refractivity contribution in [3.05, 3.63) is 68.3 Å². The number of rotatable bonds is 4. The third kappa shape index (κ3) is 3.80. The maximum Gasteiger partial charge on any atom is 0.259 e. The Morgan fingerprint density at radius 3 is 2.83 bits per heavy atom. The number of nitrogens with one attached hydrogen (secondary N) is 3. The molecule has 0 radical (unpaired) electrons. The van der Waals surface area contributed by atoms with Crippen molar-refractivity contribution < 1.29 is 13.9 Å². The number of ether oxygens (including phenoxy) is 1. The van der Waals surface area contributed by atoms with Gasteiger partial charge in [0.05, 0.1) is 23.7 Å². The Balaban J connectivity index is 1.58. The molecule has 10 heteroatoms. The Morgan fingerprint density at radius 2 is 2.07 bits per heavy atom. The lowest BCUT2D eigenvalue weighted by Crippen LogP contribution is -2.13. The smallest absolute Gasteiger partial charge is 0.259 e. The summed E-state index contributed by atoms with van der Waals surface area (Å²) < 4.78 is 19.0. The number of methoxy groups -OCH3 is 1. The van der Waals surface area contributed by atoms with Crippen LogP contribution in [0.5, 0.6) is 5.75 Å². The number of aromatic amines is 2. The SMILES string of the molecule is COc1ccc(-c2csc(NC(=O)c3ccc4c(=O)[nH]c(=S)[nH]c4c3)n2)cc1F. The van der Waals surface area contributed by atoms with Crippen LogP contribution in [-0.4, -0.2) is 28.0 Å². The number of aromatic nitrogens is 3. The number of nitrogens with zero attached hydrogens (tertiary/aromatic N) is 1. The molecule has 7 nitrogen and oxygen atoms in total. The molecule has 0 saturated carbocycles. The molecule has 2 aromatic carbocycles. The number of benzene rings is 2. The molecule has 4 rings (SSSR count). The number of anilines is 1. The molecule has 4 aromatic rings. The quantitative estimate of drug-likeness (QED) is 0.425. The van der Waals surface area contributed by atoms with E-state index in [-0.39, 0.29) is 16.1 Å². The summed E-state index contributed by atoms with van der Waals surface area (Å²) in [5.74, 6) is -0.743. The van der Waals surface area contributed by atoms with E-state index in [9.17, 15) is 14.0 Å². The fraction of sp³-hybridized carbons (Fsp3) is 0.0526. The van der Waals surface area contributed by atoms with Gasteiger partial charge >= 0.3 is 0 Å². The topological polar surface area (TPSA) is 99.9 Å². The first-order chi connectivity index (χ1) is 13.9. The number of carbonyl (C=O) groups excluding carboxylic acids is 1. The van der Waals surface area contributed by atoms with E-state index in [1.54, 1.807) is 23.6 Å². The molecule has 0 bridgehead atoms. The average molecular weight is 428 g/mol. The normalized spacial score (nSPS) is 10.8. The lowest BCUT2D eigenvalue weighted by Gasteiger charge is -2.04. The van der Waals surface area contributed by atoms with Gasteiger partial charge in [-0.15, -0.1) is 11.3 Å². The number of halogens is 1. The van der Waals surface area contributed by atoms with Crippen molar-refractivity contribution in [2.24, 2.45) is 0 Å². The van der Waals surface area contributed by atoms with E-state index >= 15 is 0 Å². The number of hydrogen-bond donors (Lipinski definition) is 3. The summed E-state index contributed by atoms with van der Waals surface area (Å²) in [7, 11) is 1.39. The Kier molecular flexibility index (Phi) is 4.95. The molecular weight excluding hydrogens is 415 g/mol. The maximum atomic E-state index is 13.9. The highest BCUT2D eigenvalue weighted by molar-refractivity contribution is 7.71. The highest BCUT2D eigenvalue weighted by Crippen LogP contribution is 2.28. The van der Waals surface area contributed by atoms with E-state index in [0.29, 0.717) is 32.9 Å². The predicted octanol–water partition coefficient (Wildman–Crippen LogP) is 4.11. The van der Waals surface area contributed by atoms with Crippen LogP contribution in [0.15, 0.2) is 46.6 Å². The van der Waals surface area contributed by atoms with Crippen molar-refractivity contribution >= 4 is 45.5 Å². The second-order valence-electron chi connectivity index (χ2n) is 6.01. The predicted molar refractivity (Wildman–Crippen MR) is 112 cm³/mol. The van der Waals surface area contributed by atoms with E-state index in [1.807, 2.05) is 0 Å². The first-order valence-corrected chi connectivity index (χ1v) is 9.60. The van der Waals surface area contributed by atoms with Crippen LogP contribution in [0.25, 0.3) is 22.2 Å². The first-order valence-electron chi connectivity index (χ1n) is 8.32. The van der Waals surface area contributed by atoms with Crippen LogP contribution in [0.1, 0.15) is 10.4 Å². The van der Waals surface area contributed by atoms with Gasteiger partial charge in [0, 0.05) is 16.5 Å². The van der Waals surface area contributed by atoms with E-state index in [4.69, 9.17) is 17.0 Å². The van der Waals surface area contributed by atoms with E-state index in [2.05, 4.69) is 20.3 Å². The summed E-state index contributed by atoms with van der Waals surface area (Å²) in [6.07, 6.45) is 0. The maximum absolute atomic E-state index is 13.9. The molecule has 1 amide bonds. The molecule has 0 aliphatic carbocycles. The molecule has 0 atom stereocenters. The van der Waals surface area contributed by atoms with Gasteiger partial charge in [0.2, 0.25) is 0 Å². The molecular formula is C19H13FN4O3S2. The molecule has 0 unspecified atom stereocenters. The Hall–Kier alpha value is -3.37. The Labute approximate surface area is 172 Å². The van der Waals surface area contributed by atoms with Crippen molar-refractivity contribution in [3.8, 4) is 17.0 Å². The van der Waals surface area contributed by atoms with Crippen molar-refractivity contribution in [2.45, 2.75) is 0 Å². The molecule has 2 aromatic heterocycles. The van der Waals surface area contributed by atoms with Gasteiger partial charge in [0.1, 0.15) is 0 Å². The first kappa shape index (κ1) is 19.0. The van der Waals surface area contributed by atoms with Gasteiger partial charge in [-0.2, -0.15) is 0 Å². The second-order valence-corrected chi connectivity index (χ2v) is 7.28. The highest BCUT2D eigenvalue weighted by atomic mass is 32.1. The third-order valence-electron chi connectivity index (χ3n) is 4.17. The zero-order valence-electron chi connectivity index (χ0n) is 14.9. The van der Waals surface area contributed by atoms with Gasteiger partial charge < -0.3 is 9.72 Å². The van der Waals surface area contributed by atoms with Gasteiger partial charge in [-0.1, -0.05) is 0 Å². The van der Waals surface area contributed by atoms with E-state index in [0.717, 1.165) is 0 Å². The minimum absolute atomic E-state index is 0.145. The summed E-state index contributed by atoms with van der Waals surface area (Å²) in [6.45, 7) is 0. The van der Waals surface area contributed by atoms with Crippen LogP contribution in [0.4, 0.5) is 9.52 Å². The van der Waals surface area contributed by atoms with Crippen molar-refractivity contribution in [1.82, 2.24) is 15.0 Å². The van der Waals surface area contributed by atoms with E-state index in [1.165, 1.54) is 36.6 Å². The molecule has 0 spiro atoms. The minimum atomic E-state index is -0.493. The zero-order chi connectivity index (χ0) is 20.5. The van der Waals surface area contributed by atoms with Crippen LogP contribution in [0.2, 0.25) is 0 Å². The van der Waals surface area contributed by atoms with E-state index < -0.39 is 11.7 Å². The third-order valence-corrected chi connectivity index (χ3v) is 5.14. The number of hydrogen-bond acceptors (Lipinski definition) is 6. The van der Waals surface area contributed by atoms with Crippen LogP contribution in [0, 0.1) is 10.6 Å². The molecule has 29 heavy (non-hydrogen) atoms. The number of amides is 1. The monoisotopic (exact) mass is 428 g/mol. The van der Waals surface area contributed by atoms with Gasteiger partial charge in [-0.05, 0) is 48.6 Å². The zero-order valence-corrected chi connectivity index (χ0v) is 16.5. The van der Waals surface area contributed by atoms with Crippen LogP contribution >= 0.6 is 23.6 Å². The molecule has 2 heterocycles. The van der Waals surface area contributed by atoms with Gasteiger partial charge in [-0.25, -0.2) is 9.37 Å². The molecule has 146 valence electrons. The standard InChI is InChI=1S/C19H13FN4O3S2/c1-27-15-5-3-9(6-12(15)20)14-8-29-19(22-14)24-16(25)10-2-4-11-13(7-10)21-18(28)23-17(11)26/h2-8H,1H3,(H,22,24,25)(H2,21,23,26,28). The molecule has 0 aliphatic heterocycles. The fourth-order valence-electron chi connectivity index (χ4n) is 2.77. The average Bonchev–Trinajstić information content (AvgIpc) is 3.15. The van der Waals surface area contributed by atoms with Gasteiger partial charge in [0.15, 0.2) is 21.5 Å². The number of fused-ring (bicyclic) bond motifs is 1. The van der Waals surface area contributed by atoms with Gasteiger partial charge in [-0.3, -0.25) is 19.9 Å². The Bertz CT molecular complexity index is 1360. The Morgan fingerprint density at radius 1 is 1.24 bits per heavy atom. The summed E-state index contributed by atoms with van der Waals surface area (Å²) in [5, 5.41) is 5.18. The molecule has 0 aliphatic rings. The summed E-state index contributed by atoms with van der Waals surface area (Å²) in [4.78, 5) is 34.1. The lowest BCUT2D eigenvalue weighted by atomic mass is 10.1. The highest BCUT2D eigenvalue weighted by Gasteiger charge is 2.13. The molecule has 0 fully saturated rings. The number of carbonyl (C=O) groups is 1. The number of thiazole rings is 1. The van der Waals surface area contributed by atoms with Crippen LogP contribution in [-0.2, 0) is 0 Å².